The van der Waals surface area contributed by atoms with Crippen LogP contribution in [-0.4, -0.2) is 11.9 Å². The van der Waals surface area contributed by atoms with Gasteiger partial charge in [-0.3, -0.25) is 4.79 Å². The van der Waals surface area contributed by atoms with Gasteiger partial charge in [-0.05, 0) is 25.0 Å². The molecule has 1 fully saturated rings. The number of carboxylic acids is 1. The molecule has 4 nitrogen and oxygen atoms in total. The summed E-state index contributed by atoms with van der Waals surface area (Å²) in [5.74, 6) is -2.66. The summed E-state index contributed by atoms with van der Waals surface area (Å²) in [6.07, 6.45) is 2.77. The lowest BCUT2D eigenvalue weighted by Gasteiger charge is -2.31. The molecule has 5 heteroatoms. The molecule has 19 heavy (non-hydrogen) atoms. The molecule has 1 aromatic carbocycles. The number of amides is 1. The third-order valence-corrected chi connectivity index (χ3v) is 3.87. The highest BCUT2D eigenvalue weighted by Crippen LogP contribution is 2.31. The largest absolute Gasteiger partial charge is 0.550 e. The van der Waals surface area contributed by atoms with Gasteiger partial charge >= 0.3 is 0 Å². The van der Waals surface area contributed by atoms with Crippen LogP contribution in [0.2, 0.25) is 5.02 Å². The second kappa shape index (κ2) is 6.06. The van der Waals surface area contributed by atoms with Crippen LogP contribution in [0.15, 0.2) is 24.3 Å². The highest BCUT2D eigenvalue weighted by molar-refractivity contribution is 6.33. The number of rotatable bonds is 3. The maximum Gasteiger partial charge on any atom is 0.228 e. The Balaban J connectivity index is 2.10. The van der Waals surface area contributed by atoms with E-state index in [1.807, 2.05) is 0 Å². The summed E-state index contributed by atoms with van der Waals surface area (Å²) in [5, 5.41) is 14.2. The van der Waals surface area contributed by atoms with Crippen LogP contribution < -0.4 is 10.4 Å². The van der Waals surface area contributed by atoms with Crippen molar-refractivity contribution in [3.05, 3.63) is 29.3 Å². The molecule has 2 unspecified atom stereocenters. The molecule has 0 aromatic heterocycles. The quantitative estimate of drug-likeness (QED) is 0.918. The highest BCUT2D eigenvalue weighted by Gasteiger charge is 2.31. The number of carbonyl (C=O) groups is 2. The van der Waals surface area contributed by atoms with Gasteiger partial charge in [0.1, 0.15) is 0 Å². The molecule has 0 spiro atoms. The molecule has 0 aliphatic heterocycles. The van der Waals surface area contributed by atoms with Gasteiger partial charge in [0.25, 0.3) is 0 Å². The van der Waals surface area contributed by atoms with Crippen molar-refractivity contribution in [3.8, 4) is 0 Å². The first kappa shape index (κ1) is 13.9. The molecule has 1 aliphatic rings. The summed E-state index contributed by atoms with van der Waals surface area (Å²) in [7, 11) is 0. The average Bonchev–Trinajstić information content (AvgIpc) is 2.41. The molecule has 2 atom stereocenters. The van der Waals surface area contributed by atoms with Gasteiger partial charge in [-0.15, -0.1) is 0 Å². The Morgan fingerprint density at radius 1 is 1.16 bits per heavy atom. The van der Waals surface area contributed by atoms with Gasteiger partial charge in [-0.1, -0.05) is 36.6 Å². The van der Waals surface area contributed by atoms with Gasteiger partial charge in [0.05, 0.1) is 10.7 Å². The molecule has 0 radical (unpaired) electrons. The van der Waals surface area contributed by atoms with E-state index in [2.05, 4.69) is 5.32 Å². The van der Waals surface area contributed by atoms with Crippen LogP contribution in [0.4, 0.5) is 5.69 Å². The number of para-hydroxylation sites is 1. The van der Waals surface area contributed by atoms with E-state index >= 15 is 0 Å². The molecule has 0 bridgehead atoms. The number of nitrogens with one attached hydrogen (secondary N) is 1. The Kier molecular flexibility index (Phi) is 4.43. The molecule has 1 aliphatic carbocycles. The molecule has 102 valence electrons. The fourth-order valence-electron chi connectivity index (χ4n) is 2.51. The molecule has 1 saturated carbocycles. The van der Waals surface area contributed by atoms with Gasteiger partial charge in [-0.25, -0.2) is 0 Å². The van der Waals surface area contributed by atoms with Crippen molar-refractivity contribution < 1.29 is 14.7 Å². The van der Waals surface area contributed by atoms with Crippen molar-refractivity contribution in [2.45, 2.75) is 25.7 Å². The van der Waals surface area contributed by atoms with Crippen molar-refractivity contribution in [1.82, 2.24) is 0 Å². The minimum absolute atomic E-state index is 0.290. The van der Waals surface area contributed by atoms with E-state index in [-0.39, 0.29) is 5.91 Å². The Bertz CT molecular complexity index is 489. The molecular formula is C14H15ClNO3-. The summed E-state index contributed by atoms with van der Waals surface area (Å²) in [5.41, 5.74) is 0.511. The summed E-state index contributed by atoms with van der Waals surface area (Å²) in [4.78, 5) is 23.2. The number of anilines is 1. The van der Waals surface area contributed by atoms with Crippen LogP contribution in [0.5, 0.6) is 0 Å². The van der Waals surface area contributed by atoms with Crippen molar-refractivity contribution in [3.63, 3.8) is 0 Å². The van der Waals surface area contributed by atoms with E-state index in [1.165, 1.54) is 0 Å². The topological polar surface area (TPSA) is 69.2 Å². The van der Waals surface area contributed by atoms with E-state index in [9.17, 15) is 14.7 Å². The second-order valence-electron chi connectivity index (χ2n) is 4.79. The maximum absolute atomic E-state index is 12.2. The molecule has 1 N–H and O–H groups in total. The minimum atomic E-state index is -1.14. The summed E-state index contributed by atoms with van der Waals surface area (Å²) >= 11 is 5.96. The van der Waals surface area contributed by atoms with E-state index in [0.717, 1.165) is 12.8 Å². The predicted molar refractivity (Wildman–Crippen MR) is 70.5 cm³/mol. The number of aliphatic carboxylic acids is 1. The van der Waals surface area contributed by atoms with Crippen LogP contribution in [0.3, 0.4) is 0 Å². The number of hydrogen-bond acceptors (Lipinski definition) is 3. The molecule has 2 rings (SSSR count). The number of carboxylic acid groups (broad SMARTS) is 1. The lowest BCUT2D eigenvalue weighted by Crippen LogP contribution is -2.42. The zero-order valence-electron chi connectivity index (χ0n) is 10.4. The fourth-order valence-corrected chi connectivity index (χ4v) is 2.70. The van der Waals surface area contributed by atoms with E-state index in [1.54, 1.807) is 24.3 Å². The monoisotopic (exact) mass is 280 g/mol. The molecular weight excluding hydrogens is 266 g/mol. The van der Waals surface area contributed by atoms with Crippen molar-refractivity contribution in [2.75, 3.05) is 5.32 Å². The van der Waals surface area contributed by atoms with Crippen molar-refractivity contribution >= 4 is 29.2 Å². The summed E-state index contributed by atoms with van der Waals surface area (Å²) in [6, 6.07) is 6.90. The Morgan fingerprint density at radius 2 is 1.79 bits per heavy atom. The van der Waals surface area contributed by atoms with Crippen LogP contribution in [-0.2, 0) is 9.59 Å². The molecule has 1 aromatic rings. The Labute approximate surface area is 116 Å². The van der Waals surface area contributed by atoms with E-state index < -0.39 is 17.8 Å². The van der Waals surface area contributed by atoms with Crippen molar-refractivity contribution in [2.24, 2.45) is 11.8 Å². The number of halogens is 1. The first-order valence-corrected chi connectivity index (χ1v) is 6.73. The van der Waals surface area contributed by atoms with Crippen molar-refractivity contribution in [1.29, 1.82) is 0 Å². The first-order valence-electron chi connectivity index (χ1n) is 6.36. The van der Waals surface area contributed by atoms with Gasteiger partial charge in [-0.2, -0.15) is 0 Å². The second-order valence-corrected chi connectivity index (χ2v) is 5.19. The smallest absolute Gasteiger partial charge is 0.228 e. The molecule has 1 amide bonds. The van der Waals surface area contributed by atoms with Gasteiger partial charge in [0, 0.05) is 17.8 Å². The zero-order chi connectivity index (χ0) is 13.8. The SMILES string of the molecule is O=C([O-])C1CCCCC1C(=O)Nc1ccccc1Cl. The maximum atomic E-state index is 12.2. The lowest BCUT2D eigenvalue weighted by molar-refractivity contribution is -0.313. The van der Waals surface area contributed by atoms with Crippen LogP contribution in [0, 0.1) is 11.8 Å². The van der Waals surface area contributed by atoms with E-state index in [4.69, 9.17) is 11.6 Å². The van der Waals surface area contributed by atoms with Gasteiger partial charge < -0.3 is 15.2 Å². The highest BCUT2D eigenvalue weighted by atomic mass is 35.5. The zero-order valence-corrected chi connectivity index (χ0v) is 11.2. The number of benzene rings is 1. The van der Waals surface area contributed by atoms with Crippen LogP contribution >= 0.6 is 11.6 Å². The third kappa shape index (κ3) is 3.26. The molecule has 0 saturated heterocycles. The minimum Gasteiger partial charge on any atom is -0.550 e. The fraction of sp³-hybridized carbons (Fsp3) is 0.429. The molecule has 0 heterocycles. The van der Waals surface area contributed by atoms with Crippen LogP contribution in [0.25, 0.3) is 0 Å². The lowest BCUT2D eigenvalue weighted by atomic mass is 9.78. The standard InChI is InChI=1S/C14H16ClNO3/c15-11-7-3-4-8-12(11)16-13(17)9-5-1-2-6-10(9)14(18)19/h3-4,7-10H,1-2,5-6H2,(H,16,17)(H,18,19)/p-1. The van der Waals surface area contributed by atoms with Gasteiger partial charge in [0.2, 0.25) is 5.91 Å². The first-order chi connectivity index (χ1) is 9.09. The normalized spacial score (nSPS) is 22.8. The van der Waals surface area contributed by atoms with E-state index in [0.29, 0.717) is 23.6 Å². The number of hydrogen-bond donors (Lipinski definition) is 1. The number of carbonyl (C=O) groups excluding carboxylic acids is 2. The summed E-state index contributed by atoms with van der Waals surface area (Å²) < 4.78 is 0. The average molecular weight is 281 g/mol. The van der Waals surface area contributed by atoms with Gasteiger partial charge in [0.15, 0.2) is 0 Å². The Morgan fingerprint density at radius 3 is 2.42 bits per heavy atom. The van der Waals surface area contributed by atoms with Crippen LogP contribution in [0.1, 0.15) is 25.7 Å². The third-order valence-electron chi connectivity index (χ3n) is 3.54. The Hall–Kier alpha value is -1.55. The summed E-state index contributed by atoms with van der Waals surface area (Å²) in [6.45, 7) is 0. The predicted octanol–water partition coefficient (Wildman–Crippen LogP) is 1.83.